The van der Waals surface area contributed by atoms with Crippen molar-refractivity contribution in [3.63, 3.8) is 0 Å². The van der Waals surface area contributed by atoms with Crippen LogP contribution in [0.4, 0.5) is 15.3 Å². The summed E-state index contributed by atoms with van der Waals surface area (Å²) in [6.07, 6.45) is 2.85. The van der Waals surface area contributed by atoms with Gasteiger partial charge in [0.15, 0.2) is 0 Å². The van der Waals surface area contributed by atoms with Crippen molar-refractivity contribution in [2.45, 2.75) is 51.5 Å². The van der Waals surface area contributed by atoms with E-state index in [1.165, 1.54) is 0 Å². The van der Waals surface area contributed by atoms with Crippen molar-refractivity contribution >= 4 is 23.8 Å². The molecule has 3 amide bonds. The van der Waals surface area contributed by atoms with Crippen molar-refractivity contribution < 1.29 is 23.9 Å². The molecule has 0 saturated carbocycles. The molecule has 1 aliphatic heterocycles. The first-order valence-electron chi connectivity index (χ1n) is 13.4. The van der Waals surface area contributed by atoms with Gasteiger partial charge in [-0.2, -0.15) is 0 Å². The lowest BCUT2D eigenvalue weighted by Gasteiger charge is -2.42. The Morgan fingerprint density at radius 3 is 2.48 bits per heavy atom. The number of alkyl carbamates (subject to hydrolysis) is 1. The number of hydrogen-bond acceptors (Lipinski definition) is 6. The molecule has 2 aromatic rings. The summed E-state index contributed by atoms with van der Waals surface area (Å²) in [6.45, 7) is 14.4. The molecule has 2 N–H and O–H groups in total. The molecule has 9 nitrogen and oxygen atoms in total. The minimum atomic E-state index is -0.641. The second-order valence-corrected chi connectivity index (χ2v) is 10.5. The van der Waals surface area contributed by atoms with Crippen molar-refractivity contribution in [2.24, 2.45) is 0 Å². The molecule has 0 unspecified atom stereocenters. The van der Waals surface area contributed by atoms with E-state index in [4.69, 9.17) is 9.47 Å². The minimum absolute atomic E-state index is 0.164. The van der Waals surface area contributed by atoms with Gasteiger partial charge in [0.25, 0.3) is 0 Å². The van der Waals surface area contributed by atoms with Gasteiger partial charge in [0.1, 0.15) is 18.2 Å². The predicted octanol–water partition coefficient (Wildman–Crippen LogP) is 4.96. The Hall–Kier alpha value is -4.27. The minimum Gasteiger partial charge on any atom is -0.445 e. The number of piperazine rings is 1. The Kier molecular flexibility index (Phi) is 10.8. The van der Waals surface area contributed by atoms with Crippen molar-refractivity contribution in [2.75, 3.05) is 31.1 Å². The Morgan fingerprint density at radius 1 is 1.05 bits per heavy atom. The van der Waals surface area contributed by atoms with Crippen molar-refractivity contribution in [3.05, 3.63) is 91.0 Å². The highest BCUT2D eigenvalue weighted by Gasteiger charge is 2.36. The maximum absolute atomic E-state index is 13.2. The lowest BCUT2D eigenvalue weighted by atomic mass is 10.0. The molecule has 2 aromatic carbocycles. The fourth-order valence-corrected chi connectivity index (χ4v) is 4.37. The monoisotopic (exact) mass is 548 g/mol. The zero-order chi connectivity index (χ0) is 29.1. The van der Waals surface area contributed by atoms with Crippen LogP contribution in [-0.4, -0.2) is 60.8 Å². The average Bonchev–Trinajstić information content (AvgIpc) is 2.94. The molecule has 1 fully saturated rings. The number of benzene rings is 2. The largest absolute Gasteiger partial charge is 0.445 e. The second-order valence-electron chi connectivity index (χ2n) is 10.5. The summed E-state index contributed by atoms with van der Waals surface area (Å²) in [6, 6.07) is 16.1. The van der Waals surface area contributed by atoms with Crippen LogP contribution in [0, 0.1) is 0 Å². The molecule has 3 rings (SSSR count). The van der Waals surface area contributed by atoms with Gasteiger partial charge in [-0.25, -0.2) is 9.59 Å². The van der Waals surface area contributed by atoms with Crippen LogP contribution >= 0.6 is 0 Å². The molecule has 0 bridgehead atoms. The predicted molar refractivity (Wildman–Crippen MR) is 156 cm³/mol. The average molecular weight is 549 g/mol. The number of nitrogens with zero attached hydrogens (tertiary/aromatic N) is 2. The van der Waals surface area contributed by atoms with Gasteiger partial charge >= 0.3 is 12.2 Å². The Bertz CT molecular complexity index is 1180. The molecule has 0 aliphatic carbocycles. The molecule has 9 heteroatoms. The van der Waals surface area contributed by atoms with E-state index in [1.54, 1.807) is 17.1 Å². The van der Waals surface area contributed by atoms with Crippen LogP contribution in [-0.2, 0) is 20.9 Å². The number of rotatable bonds is 10. The standard InChI is InChI=1S/C31H40N4O5/c1-6-12-26(33-29(37)39-22-23-13-9-8-10-14-23)24-15-11-16-25(20-24)35-19-18-34(30(38)40-31(3,4)5)21-27(35)28(36)32-17-7-2/h6-11,13-16,20,26-27H,1-2,12,17-19,21-22H2,3-5H3,(H,32,36)(H,33,37)/t26-,27+/m0/s1. The van der Waals surface area contributed by atoms with Crippen LogP contribution in [0.3, 0.4) is 0 Å². The highest BCUT2D eigenvalue weighted by molar-refractivity contribution is 5.87. The van der Waals surface area contributed by atoms with E-state index in [2.05, 4.69) is 23.8 Å². The number of carbonyl (C=O) groups is 3. The zero-order valence-electron chi connectivity index (χ0n) is 23.6. The van der Waals surface area contributed by atoms with Crippen LogP contribution < -0.4 is 15.5 Å². The second kappa shape index (κ2) is 14.2. The van der Waals surface area contributed by atoms with Gasteiger partial charge in [0.05, 0.1) is 12.6 Å². The van der Waals surface area contributed by atoms with Gasteiger partial charge in [0, 0.05) is 25.3 Å². The Morgan fingerprint density at radius 2 is 1.80 bits per heavy atom. The summed E-state index contributed by atoms with van der Waals surface area (Å²) in [4.78, 5) is 42.1. The summed E-state index contributed by atoms with van der Waals surface area (Å²) < 4.78 is 11.0. The molecule has 1 heterocycles. The summed E-state index contributed by atoms with van der Waals surface area (Å²) in [5, 5.41) is 5.79. The van der Waals surface area contributed by atoms with Crippen LogP contribution in [0.15, 0.2) is 79.9 Å². The van der Waals surface area contributed by atoms with Crippen LogP contribution in [0.2, 0.25) is 0 Å². The topological polar surface area (TPSA) is 100 Å². The molecule has 214 valence electrons. The highest BCUT2D eigenvalue weighted by Crippen LogP contribution is 2.27. The summed E-state index contributed by atoms with van der Waals surface area (Å²) in [5.74, 6) is -0.219. The highest BCUT2D eigenvalue weighted by atomic mass is 16.6. The van der Waals surface area contributed by atoms with Crippen LogP contribution in [0.1, 0.15) is 44.4 Å². The van der Waals surface area contributed by atoms with E-state index in [0.29, 0.717) is 26.1 Å². The van der Waals surface area contributed by atoms with Crippen molar-refractivity contribution in [3.8, 4) is 0 Å². The third-order valence-electron chi connectivity index (χ3n) is 6.27. The lowest BCUT2D eigenvalue weighted by molar-refractivity contribution is -0.123. The molecular weight excluding hydrogens is 508 g/mol. The van der Waals surface area contributed by atoms with Gasteiger partial charge in [-0.05, 0) is 50.5 Å². The smallest absolute Gasteiger partial charge is 0.410 e. The van der Waals surface area contributed by atoms with Gasteiger partial charge in [0.2, 0.25) is 5.91 Å². The van der Waals surface area contributed by atoms with Gasteiger partial charge < -0.3 is 29.9 Å². The molecule has 1 saturated heterocycles. The first-order valence-corrected chi connectivity index (χ1v) is 13.4. The third kappa shape index (κ3) is 8.90. The molecule has 0 aromatic heterocycles. The van der Waals surface area contributed by atoms with Crippen molar-refractivity contribution in [1.82, 2.24) is 15.5 Å². The first-order chi connectivity index (χ1) is 19.1. The van der Waals surface area contributed by atoms with Crippen LogP contribution in [0.5, 0.6) is 0 Å². The number of nitrogens with one attached hydrogen (secondary N) is 2. The van der Waals surface area contributed by atoms with Gasteiger partial charge in [-0.1, -0.05) is 54.6 Å². The van der Waals surface area contributed by atoms with Gasteiger partial charge in [-0.3, -0.25) is 4.79 Å². The van der Waals surface area contributed by atoms with E-state index < -0.39 is 23.8 Å². The Balaban J connectivity index is 1.78. The molecule has 40 heavy (non-hydrogen) atoms. The van der Waals surface area contributed by atoms with E-state index >= 15 is 0 Å². The molecular formula is C31H40N4O5. The van der Waals surface area contributed by atoms with Gasteiger partial charge in [-0.15, -0.1) is 13.2 Å². The maximum atomic E-state index is 13.2. The Labute approximate surface area is 236 Å². The number of carbonyl (C=O) groups excluding carboxylic acids is 3. The maximum Gasteiger partial charge on any atom is 0.410 e. The van der Waals surface area contributed by atoms with E-state index in [9.17, 15) is 14.4 Å². The molecule has 0 spiro atoms. The van der Waals surface area contributed by atoms with E-state index in [0.717, 1.165) is 16.8 Å². The third-order valence-corrected chi connectivity index (χ3v) is 6.27. The fraction of sp³-hybridized carbons (Fsp3) is 0.387. The fourth-order valence-electron chi connectivity index (χ4n) is 4.37. The van der Waals surface area contributed by atoms with Crippen molar-refractivity contribution in [1.29, 1.82) is 0 Å². The number of anilines is 1. The summed E-state index contributed by atoms with van der Waals surface area (Å²) in [7, 11) is 0. The quantitative estimate of drug-likeness (QED) is 0.407. The zero-order valence-corrected chi connectivity index (χ0v) is 23.6. The normalized spacial score (nSPS) is 15.9. The van der Waals surface area contributed by atoms with E-state index in [1.807, 2.05) is 80.3 Å². The van der Waals surface area contributed by atoms with Crippen LogP contribution in [0.25, 0.3) is 0 Å². The number of hydrogen-bond donors (Lipinski definition) is 2. The number of ether oxygens (including phenoxy) is 2. The lowest BCUT2D eigenvalue weighted by Crippen LogP contribution is -2.60. The SMILES string of the molecule is C=CCNC(=O)[C@H]1CN(C(=O)OC(C)(C)C)CCN1c1cccc([C@H](CC=C)NC(=O)OCc2ccccc2)c1. The summed E-state index contributed by atoms with van der Waals surface area (Å²) >= 11 is 0. The molecule has 0 radical (unpaired) electrons. The molecule has 2 atom stereocenters. The first kappa shape index (κ1) is 30.3. The number of amides is 3. The summed E-state index contributed by atoms with van der Waals surface area (Å²) in [5.41, 5.74) is 1.90. The van der Waals surface area contributed by atoms with E-state index in [-0.39, 0.29) is 25.1 Å². The molecule has 1 aliphatic rings.